The van der Waals surface area contributed by atoms with Gasteiger partial charge in [0.1, 0.15) is 0 Å². The minimum atomic E-state index is 0.103. The minimum Gasteiger partial charge on any atom is -0.382 e. The lowest BCUT2D eigenvalue weighted by atomic mass is 9.96. The van der Waals surface area contributed by atoms with Crippen molar-refractivity contribution >= 4 is 10.8 Å². The van der Waals surface area contributed by atoms with Gasteiger partial charge in [-0.15, -0.1) is 0 Å². The predicted octanol–water partition coefficient (Wildman–Crippen LogP) is 2.77. The van der Waals surface area contributed by atoms with Crippen molar-refractivity contribution in [1.82, 2.24) is 5.43 Å². The Labute approximate surface area is 108 Å². The Bertz CT molecular complexity index is 507. The molecular weight excluding hydrogens is 224 g/mol. The van der Waals surface area contributed by atoms with Crippen molar-refractivity contribution in [3.05, 3.63) is 48.0 Å². The van der Waals surface area contributed by atoms with Crippen LogP contribution in [0.25, 0.3) is 10.8 Å². The van der Waals surface area contributed by atoms with Crippen molar-refractivity contribution in [3.8, 4) is 0 Å². The van der Waals surface area contributed by atoms with E-state index in [1.807, 2.05) is 0 Å². The van der Waals surface area contributed by atoms with Gasteiger partial charge in [0, 0.05) is 13.2 Å². The third-order valence-corrected chi connectivity index (χ3v) is 3.37. The van der Waals surface area contributed by atoms with Gasteiger partial charge in [-0.2, -0.15) is 0 Å². The third kappa shape index (κ3) is 2.70. The second kappa shape index (κ2) is 5.96. The number of hydrogen-bond donors (Lipinski definition) is 2. The lowest BCUT2D eigenvalue weighted by molar-refractivity contribution is 0.101. The summed E-state index contributed by atoms with van der Waals surface area (Å²) < 4.78 is 5.32. The summed E-state index contributed by atoms with van der Waals surface area (Å²) in [5.41, 5.74) is 4.12. The molecule has 2 unspecified atom stereocenters. The molecule has 0 aromatic heterocycles. The van der Waals surface area contributed by atoms with Gasteiger partial charge in [0.25, 0.3) is 0 Å². The van der Waals surface area contributed by atoms with Crippen molar-refractivity contribution < 1.29 is 4.74 Å². The van der Waals surface area contributed by atoms with Gasteiger partial charge in [-0.3, -0.25) is 11.3 Å². The average molecular weight is 244 g/mol. The first-order valence-corrected chi connectivity index (χ1v) is 6.23. The van der Waals surface area contributed by atoms with E-state index in [-0.39, 0.29) is 12.1 Å². The Morgan fingerprint density at radius 1 is 1.17 bits per heavy atom. The van der Waals surface area contributed by atoms with Crippen molar-refractivity contribution in [3.63, 3.8) is 0 Å². The van der Waals surface area contributed by atoms with Crippen molar-refractivity contribution in [2.24, 2.45) is 5.84 Å². The van der Waals surface area contributed by atoms with Gasteiger partial charge in [-0.1, -0.05) is 42.5 Å². The number of ether oxygens (including phenoxy) is 1. The fourth-order valence-corrected chi connectivity index (χ4v) is 2.27. The van der Waals surface area contributed by atoms with E-state index in [2.05, 4.69) is 54.8 Å². The van der Waals surface area contributed by atoms with Crippen molar-refractivity contribution in [1.29, 1.82) is 0 Å². The summed E-state index contributed by atoms with van der Waals surface area (Å²) in [5, 5.41) is 2.48. The van der Waals surface area contributed by atoms with E-state index in [9.17, 15) is 0 Å². The number of rotatable bonds is 5. The topological polar surface area (TPSA) is 47.3 Å². The molecule has 2 aromatic rings. The molecule has 0 spiro atoms. The van der Waals surface area contributed by atoms with Crippen LogP contribution in [0.3, 0.4) is 0 Å². The molecule has 0 radical (unpaired) electrons. The lowest BCUT2D eigenvalue weighted by Gasteiger charge is -2.21. The molecule has 2 rings (SSSR count). The number of fused-ring (bicyclic) bond motifs is 1. The SMILES string of the molecule is COC(C)CC(NN)c1cccc2ccccc12. The van der Waals surface area contributed by atoms with Crippen LogP contribution >= 0.6 is 0 Å². The standard InChI is InChI=1S/C15H20N2O/c1-11(18-2)10-15(17-16)14-9-5-7-12-6-3-4-8-13(12)14/h3-9,11,15,17H,10,16H2,1-2H3. The zero-order chi connectivity index (χ0) is 13.0. The summed E-state index contributed by atoms with van der Waals surface area (Å²) in [6, 6.07) is 14.8. The molecule has 0 amide bonds. The molecule has 0 saturated carbocycles. The van der Waals surface area contributed by atoms with Crippen LogP contribution in [0.2, 0.25) is 0 Å². The Balaban J connectivity index is 2.38. The van der Waals surface area contributed by atoms with Gasteiger partial charge in [0.05, 0.1) is 6.10 Å². The number of methoxy groups -OCH3 is 1. The highest BCUT2D eigenvalue weighted by Crippen LogP contribution is 2.26. The molecule has 0 aliphatic rings. The Morgan fingerprint density at radius 3 is 2.61 bits per heavy atom. The molecule has 0 aliphatic heterocycles. The fraction of sp³-hybridized carbons (Fsp3) is 0.333. The summed E-state index contributed by atoms with van der Waals surface area (Å²) in [6.45, 7) is 2.05. The van der Waals surface area contributed by atoms with Gasteiger partial charge in [0.15, 0.2) is 0 Å². The number of hydrogen-bond acceptors (Lipinski definition) is 3. The molecule has 2 aromatic carbocycles. The van der Waals surface area contributed by atoms with Gasteiger partial charge in [-0.05, 0) is 29.7 Å². The van der Waals surface area contributed by atoms with Crippen LogP contribution < -0.4 is 11.3 Å². The molecule has 2 atom stereocenters. The monoisotopic (exact) mass is 244 g/mol. The van der Waals surface area contributed by atoms with Crippen LogP contribution in [-0.4, -0.2) is 13.2 Å². The first-order valence-electron chi connectivity index (χ1n) is 6.23. The Hall–Kier alpha value is -1.42. The molecular formula is C15H20N2O. The zero-order valence-electron chi connectivity index (χ0n) is 10.9. The van der Waals surface area contributed by atoms with E-state index in [1.54, 1.807) is 7.11 Å². The van der Waals surface area contributed by atoms with E-state index in [4.69, 9.17) is 10.6 Å². The van der Waals surface area contributed by atoms with E-state index in [0.717, 1.165) is 6.42 Å². The normalized spacial score (nSPS) is 14.6. The molecule has 96 valence electrons. The van der Waals surface area contributed by atoms with Crippen molar-refractivity contribution in [2.75, 3.05) is 7.11 Å². The summed E-state index contributed by atoms with van der Waals surface area (Å²) in [6.07, 6.45) is 1.02. The number of hydrazine groups is 1. The lowest BCUT2D eigenvalue weighted by Crippen LogP contribution is -2.30. The molecule has 3 heteroatoms. The van der Waals surface area contributed by atoms with Crippen molar-refractivity contribution in [2.45, 2.75) is 25.5 Å². The smallest absolute Gasteiger partial charge is 0.0561 e. The summed E-state index contributed by atoms with van der Waals surface area (Å²) >= 11 is 0. The molecule has 0 saturated heterocycles. The molecule has 18 heavy (non-hydrogen) atoms. The summed E-state index contributed by atoms with van der Waals surface area (Å²) in [7, 11) is 1.72. The maximum Gasteiger partial charge on any atom is 0.0561 e. The molecule has 0 fully saturated rings. The Kier molecular flexibility index (Phi) is 4.31. The third-order valence-electron chi connectivity index (χ3n) is 3.37. The average Bonchev–Trinajstić information content (AvgIpc) is 2.44. The maximum absolute atomic E-state index is 5.69. The van der Waals surface area contributed by atoms with E-state index >= 15 is 0 Å². The minimum absolute atomic E-state index is 0.103. The highest BCUT2D eigenvalue weighted by molar-refractivity contribution is 5.86. The van der Waals surface area contributed by atoms with E-state index in [0.29, 0.717) is 0 Å². The summed E-state index contributed by atoms with van der Waals surface area (Å²) in [5.74, 6) is 5.69. The number of nitrogens with one attached hydrogen (secondary N) is 1. The molecule has 0 heterocycles. The second-order valence-electron chi connectivity index (χ2n) is 4.57. The number of benzene rings is 2. The molecule has 0 aliphatic carbocycles. The fourth-order valence-electron chi connectivity index (χ4n) is 2.27. The highest BCUT2D eigenvalue weighted by atomic mass is 16.5. The zero-order valence-corrected chi connectivity index (χ0v) is 10.9. The highest BCUT2D eigenvalue weighted by Gasteiger charge is 2.15. The van der Waals surface area contributed by atoms with Gasteiger partial charge in [0.2, 0.25) is 0 Å². The first kappa shape index (κ1) is 13.0. The largest absolute Gasteiger partial charge is 0.382 e. The van der Waals surface area contributed by atoms with Gasteiger partial charge in [-0.25, -0.2) is 0 Å². The number of nitrogens with two attached hydrogens (primary N) is 1. The van der Waals surface area contributed by atoms with Crippen LogP contribution in [0.5, 0.6) is 0 Å². The van der Waals surface area contributed by atoms with Crippen LogP contribution in [0.1, 0.15) is 24.9 Å². The van der Waals surface area contributed by atoms with Crippen LogP contribution in [0, 0.1) is 0 Å². The quantitative estimate of drug-likeness (QED) is 0.628. The predicted molar refractivity (Wildman–Crippen MR) is 75.1 cm³/mol. The Morgan fingerprint density at radius 2 is 1.89 bits per heavy atom. The van der Waals surface area contributed by atoms with E-state index in [1.165, 1.54) is 16.3 Å². The molecule has 3 nitrogen and oxygen atoms in total. The van der Waals surface area contributed by atoms with Crippen LogP contribution in [0.15, 0.2) is 42.5 Å². The van der Waals surface area contributed by atoms with Crippen LogP contribution in [0.4, 0.5) is 0 Å². The molecule has 0 bridgehead atoms. The maximum atomic E-state index is 5.69. The summed E-state index contributed by atoms with van der Waals surface area (Å²) in [4.78, 5) is 0. The second-order valence-corrected chi connectivity index (χ2v) is 4.57. The van der Waals surface area contributed by atoms with E-state index < -0.39 is 0 Å². The first-order chi connectivity index (χ1) is 8.76. The van der Waals surface area contributed by atoms with Gasteiger partial charge >= 0.3 is 0 Å². The molecule has 3 N–H and O–H groups in total. The van der Waals surface area contributed by atoms with Crippen LogP contribution in [-0.2, 0) is 4.74 Å². The van der Waals surface area contributed by atoms with Gasteiger partial charge < -0.3 is 4.74 Å².